The zero-order valence-electron chi connectivity index (χ0n) is 29.1. The number of benzene rings is 1. The van der Waals surface area contributed by atoms with Crippen molar-refractivity contribution in [3.05, 3.63) is 70.0 Å². The summed E-state index contributed by atoms with van der Waals surface area (Å²) in [5.41, 5.74) is -0.607. The van der Waals surface area contributed by atoms with E-state index in [1.165, 1.54) is 30.4 Å². The highest BCUT2D eigenvalue weighted by Gasteiger charge is 2.74. The molecule has 0 amide bonds. The smallest absolute Gasteiger partial charge is 0.200 e. The first kappa shape index (κ1) is 34.5. The van der Waals surface area contributed by atoms with Crippen molar-refractivity contribution < 1.29 is 29.0 Å². The normalized spacial score (nSPS) is 28.0. The topological polar surface area (TPSA) is 89.9 Å². The Balaban J connectivity index is 2.09. The van der Waals surface area contributed by atoms with Crippen LogP contribution in [0.25, 0.3) is 0 Å². The van der Waals surface area contributed by atoms with Crippen LogP contribution in [0.5, 0.6) is 11.5 Å². The van der Waals surface area contributed by atoms with Gasteiger partial charge in [0.2, 0.25) is 0 Å². The van der Waals surface area contributed by atoms with Crippen molar-refractivity contribution in [1.82, 2.24) is 0 Å². The van der Waals surface area contributed by atoms with Gasteiger partial charge in [0.1, 0.15) is 22.3 Å². The van der Waals surface area contributed by atoms with Crippen LogP contribution in [0.2, 0.25) is 0 Å². The maximum absolute atomic E-state index is 15.4. The highest BCUT2D eigenvalue weighted by molar-refractivity contribution is 6.35. The molecule has 45 heavy (non-hydrogen) atoms. The van der Waals surface area contributed by atoms with Gasteiger partial charge in [-0.1, -0.05) is 48.8 Å². The molecule has 3 aliphatic rings. The van der Waals surface area contributed by atoms with Crippen LogP contribution >= 0.6 is 0 Å². The van der Waals surface area contributed by atoms with Gasteiger partial charge in [0.25, 0.3) is 0 Å². The van der Waals surface area contributed by atoms with Gasteiger partial charge in [-0.05, 0) is 117 Å². The van der Waals surface area contributed by atoms with Crippen LogP contribution < -0.4 is 4.74 Å². The second-order valence-corrected chi connectivity index (χ2v) is 15.3. The largest absolute Gasteiger partial charge is 0.504 e. The Labute approximate surface area is 269 Å². The molecule has 4 atom stereocenters. The summed E-state index contributed by atoms with van der Waals surface area (Å²) in [5.74, 6) is -0.893. The summed E-state index contributed by atoms with van der Waals surface area (Å²) in [7, 11) is 1.44. The highest BCUT2D eigenvalue weighted by atomic mass is 16.5. The molecule has 4 rings (SSSR count). The number of phenolic OH excluding ortho intramolecular Hbond substituents is 1. The molecule has 2 bridgehead atoms. The molecule has 1 spiro atoms. The number of aromatic hydroxyl groups is 1. The molecule has 1 aliphatic heterocycles. The van der Waals surface area contributed by atoms with Gasteiger partial charge in [0.05, 0.1) is 12.5 Å². The van der Waals surface area contributed by atoms with E-state index in [0.717, 1.165) is 18.4 Å². The summed E-state index contributed by atoms with van der Waals surface area (Å²) < 4.78 is 12.1. The third kappa shape index (κ3) is 5.63. The summed E-state index contributed by atoms with van der Waals surface area (Å²) >= 11 is 0. The van der Waals surface area contributed by atoms with Crippen molar-refractivity contribution in [1.29, 1.82) is 0 Å². The first-order valence-corrected chi connectivity index (χ1v) is 16.2. The molecule has 1 unspecified atom stereocenters. The quantitative estimate of drug-likeness (QED) is 0.129. The van der Waals surface area contributed by atoms with E-state index in [1.54, 1.807) is 6.07 Å². The Hall–Kier alpha value is -3.41. The third-order valence-electron chi connectivity index (χ3n) is 10.9. The van der Waals surface area contributed by atoms with Crippen molar-refractivity contribution in [3.8, 4) is 11.5 Å². The monoisotopic (exact) mass is 616 g/mol. The van der Waals surface area contributed by atoms with Crippen LogP contribution in [0.15, 0.2) is 64.5 Å². The fourth-order valence-electron chi connectivity index (χ4n) is 7.88. The Bertz CT molecular complexity index is 1520. The van der Waals surface area contributed by atoms with Crippen LogP contribution in [0.3, 0.4) is 0 Å². The molecule has 0 radical (unpaired) electrons. The number of methoxy groups -OCH3 is 1. The predicted octanol–water partition coefficient (Wildman–Crippen LogP) is 8.89. The fraction of sp³-hybridized carbons (Fsp3) is 0.564. The summed E-state index contributed by atoms with van der Waals surface area (Å²) in [6.45, 7) is 20.3. The van der Waals surface area contributed by atoms with Gasteiger partial charge in [-0.15, -0.1) is 0 Å². The van der Waals surface area contributed by atoms with E-state index in [0.29, 0.717) is 12.8 Å². The van der Waals surface area contributed by atoms with Crippen molar-refractivity contribution in [3.63, 3.8) is 0 Å². The third-order valence-corrected chi connectivity index (χ3v) is 10.9. The van der Waals surface area contributed by atoms with E-state index in [2.05, 4.69) is 39.8 Å². The maximum Gasteiger partial charge on any atom is 0.200 e. The summed E-state index contributed by atoms with van der Waals surface area (Å²) in [5, 5.41) is 10.6. The molecule has 244 valence electrons. The number of fused-ring (bicyclic) bond motifs is 1. The lowest BCUT2D eigenvalue weighted by Gasteiger charge is -2.64. The SMILES string of the molecule is COc1ccc(C(=O)C2=C3OC(C)(C)[C@@H](CC=C(C)C)C[C@@]34CC(CC=C(C)C)C(C)(C)[C@@](CC=C(C)C)(C2=O)C4=O)cc1O. The number of ketones is 3. The molecule has 1 heterocycles. The predicted molar refractivity (Wildman–Crippen MR) is 178 cm³/mol. The average Bonchev–Trinajstić information content (AvgIpc) is 2.93. The minimum atomic E-state index is -1.46. The molecule has 1 aromatic rings. The lowest BCUT2D eigenvalue weighted by Crippen LogP contribution is -2.69. The zero-order valence-corrected chi connectivity index (χ0v) is 29.1. The second-order valence-electron chi connectivity index (χ2n) is 15.3. The number of hydrogen-bond donors (Lipinski definition) is 1. The van der Waals surface area contributed by atoms with Gasteiger partial charge in [-0.25, -0.2) is 0 Å². The number of ether oxygens (including phenoxy) is 2. The minimum Gasteiger partial charge on any atom is -0.504 e. The molecule has 1 aromatic carbocycles. The first-order chi connectivity index (χ1) is 20.9. The molecule has 0 aromatic heterocycles. The van der Waals surface area contributed by atoms with Gasteiger partial charge >= 0.3 is 0 Å². The molecule has 1 saturated heterocycles. The molecule has 6 nitrogen and oxygen atoms in total. The maximum atomic E-state index is 15.4. The number of rotatable bonds is 9. The van der Waals surface area contributed by atoms with E-state index >= 15 is 9.59 Å². The van der Waals surface area contributed by atoms with Gasteiger partial charge in [-0.3, -0.25) is 14.4 Å². The fourth-order valence-corrected chi connectivity index (χ4v) is 7.88. The first-order valence-electron chi connectivity index (χ1n) is 16.2. The summed E-state index contributed by atoms with van der Waals surface area (Å²) in [6.07, 6.45) is 9.03. The number of hydrogen-bond acceptors (Lipinski definition) is 6. The number of Topliss-reactive ketones (excluding diaryl/α,β-unsaturated/α-hetero) is 3. The van der Waals surface area contributed by atoms with E-state index in [9.17, 15) is 9.90 Å². The number of phenols is 1. The van der Waals surface area contributed by atoms with Crippen molar-refractivity contribution in [2.24, 2.45) is 28.1 Å². The van der Waals surface area contributed by atoms with Crippen LogP contribution in [0.1, 0.15) is 112 Å². The van der Waals surface area contributed by atoms with Crippen molar-refractivity contribution in [2.75, 3.05) is 7.11 Å². The number of carbonyl (C=O) groups is 3. The van der Waals surface area contributed by atoms with E-state index in [4.69, 9.17) is 9.47 Å². The average molecular weight is 617 g/mol. The lowest BCUT2D eigenvalue weighted by molar-refractivity contribution is -0.188. The molecule has 6 heteroatoms. The van der Waals surface area contributed by atoms with Gasteiger partial charge in [-0.2, -0.15) is 0 Å². The molecule has 1 N–H and O–H groups in total. The summed E-state index contributed by atoms with van der Waals surface area (Å²) in [6, 6.07) is 4.40. The molecule has 1 saturated carbocycles. The van der Waals surface area contributed by atoms with E-state index in [-0.39, 0.29) is 52.4 Å². The minimum absolute atomic E-state index is 0.00906. The number of carbonyl (C=O) groups excluding carboxylic acids is 3. The standard InChI is InChI=1S/C39H52O6/c1-23(2)12-15-27-21-38-22-28(16-13-24(3)4)37(9,10)45-34(38)31(32(41)26-14-17-30(44-11)29(40)20-26)33(42)39(35(38)43,36(27,7)8)19-18-25(5)6/h12-14,17-18,20,27-28,40H,15-16,19,21-22H2,1-11H3/t27?,28-,38-,39-/m0/s1. The number of allylic oxidation sites excluding steroid dienone is 8. The Morgan fingerprint density at radius 3 is 2.00 bits per heavy atom. The molecular formula is C39H52O6. The van der Waals surface area contributed by atoms with E-state index in [1.807, 2.05) is 47.6 Å². The Morgan fingerprint density at radius 1 is 0.911 bits per heavy atom. The van der Waals surface area contributed by atoms with Crippen LogP contribution in [-0.2, 0) is 14.3 Å². The lowest BCUT2D eigenvalue weighted by atomic mass is 9.39. The van der Waals surface area contributed by atoms with Crippen molar-refractivity contribution in [2.45, 2.75) is 107 Å². The van der Waals surface area contributed by atoms with Gasteiger partial charge < -0.3 is 14.6 Å². The molecular weight excluding hydrogens is 564 g/mol. The van der Waals surface area contributed by atoms with Crippen molar-refractivity contribution >= 4 is 17.3 Å². The summed E-state index contributed by atoms with van der Waals surface area (Å²) in [4.78, 5) is 45.2. The van der Waals surface area contributed by atoms with Crippen LogP contribution in [-0.4, -0.2) is 35.2 Å². The highest BCUT2D eigenvalue weighted by Crippen LogP contribution is 2.69. The van der Waals surface area contributed by atoms with Gasteiger partial charge in [0, 0.05) is 11.5 Å². The zero-order chi connectivity index (χ0) is 33.7. The second kappa shape index (κ2) is 12.1. The molecule has 2 fully saturated rings. The van der Waals surface area contributed by atoms with Crippen LogP contribution in [0, 0.1) is 28.1 Å². The molecule has 2 aliphatic carbocycles. The van der Waals surface area contributed by atoms with Crippen LogP contribution in [0.4, 0.5) is 0 Å². The Morgan fingerprint density at radius 2 is 1.47 bits per heavy atom. The Kier molecular flexibility index (Phi) is 9.25. The van der Waals surface area contributed by atoms with Gasteiger partial charge in [0.15, 0.2) is 28.8 Å². The van der Waals surface area contributed by atoms with E-state index < -0.39 is 33.4 Å².